The minimum Gasteiger partial charge on any atom is -0.502 e. The molecule has 0 radical (unpaired) electrons. The fourth-order valence-electron chi connectivity index (χ4n) is 0.707. The van der Waals surface area contributed by atoms with E-state index in [0.29, 0.717) is 13.2 Å². The molecule has 0 rings (SSSR count). The number of rotatable bonds is 7. The van der Waals surface area contributed by atoms with Gasteiger partial charge in [-0.15, -0.1) is 0 Å². The van der Waals surface area contributed by atoms with Crippen LogP contribution in [0.15, 0.2) is 12.8 Å². The fourth-order valence-corrected chi connectivity index (χ4v) is 0.822. The van der Waals surface area contributed by atoms with Gasteiger partial charge in [0.1, 0.15) is 4.32 Å². The fraction of sp³-hybridized carbons (Fsp3) is 0.700. The number of esters is 1. The summed E-state index contributed by atoms with van der Waals surface area (Å²) < 4.78 is 9.35. The van der Waals surface area contributed by atoms with Gasteiger partial charge < -0.3 is 9.47 Å². The van der Waals surface area contributed by atoms with Gasteiger partial charge in [0, 0.05) is 0 Å². The highest BCUT2D eigenvalue weighted by Gasteiger charge is 2.24. The van der Waals surface area contributed by atoms with Crippen LogP contribution < -0.4 is 0 Å². The van der Waals surface area contributed by atoms with E-state index in [1.54, 1.807) is 13.8 Å². The summed E-state index contributed by atoms with van der Waals surface area (Å²) in [5.74, 6) is -0.234. The molecular formula is C10H17BrO3. The summed E-state index contributed by atoms with van der Waals surface area (Å²) in [6, 6.07) is 0. The Morgan fingerprint density at radius 1 is 1.43 bits per heavy atom. The Kier molecular flexibility index (Phi) is 6.62. The smallest absolute Gasteiger partial charge is 0.322 e. The molecule has 0 N–H and O–H groups in total. The van der Waals surface area contributed by atoms with Gasteiger partial charge in [0.2, 0.25) is 0 Å². The molecule has 0 amide bonds. The third-order valence-corrected chi connectivity index (χ3v) is 1.82. The first kappa shape index (κ1) is 13.5. The van der Waals surface area contributed by atoms with Crippen molar-refractivity contribution in [3.8, 4) is 0 Å². The molecule has 4 heteroatoms. The highest BCUT2D eigenvalue weighted by atomic mass is 79.9. The molecule has 0 saturated heterocycles. The van der Waals surface area contributed by atoms with Gasteiger partial charge in [0.05, 0.1) is 19.5 Å². The second kappa shape index (κ2) is 6.87. The lowest BCUT2D eigenvalue weighted by Crippen LogP contribution is -2.26. The topological polar surface area (TPSA) is 35.5 Å². The minimum absolute atomic E-state index is 0.234. The van der Waals surface area contributed by atoms with E-state index in [9.17, 15) is 4.79 Å². The molecule has 3 nitrogen and oxygen atoms in total. The van der Waals surface area contributed by atoms with E-state index in [-0.39, 0.29) is 5.97 Å². The molecule has 82 valence electrons. The normalized spacial score (nSPS) is 10.8. The van der Waals surface area contributed by atoms with Crippen LogP contribution in [-0.2, 0) is 14.3 Å². The molecule has 0 aromatic rings. The molecule has 0 heterocycles. The SMILES string of the molecule is C=COCCCCOC(=O)C(C)(C)Br. The van der Waals surface area contributed by atoms with Crippen LogP contribution in [0.4, 0.5) is 0 Å². The summed E-state index contributed by atoms with van der Waals surface area (Å²) in [6.07, 6.45) is 3.08. The Balaban J connectivity index is 3.37. The van der Waals surface area contributed by atoms with E-state index in [1.165, 1.54) is 6.26 Å². The van der Waals surface area contributed by atoms with Gasteiger partial charge in [-0.1, -0.05) is 22.5 Å². The van der Waals surface area contributed by atoms with E-state index >= 15 is 0 Å². The zero-order valence-corrected chi connectivity index (χ0v) is 10.3. The average Bonchev–Trinajstić information content (AvgIpc) is 2.09. The van der Waals surface area contributed by atoms with Crippen LogP contribution >= 0.6 is 15.9 Å². The van der Waals surface area contributed by atoms with Gasteiger partial charge in [-0.2, -0.15) is 0 Å². The summed E-state index contributed by atoms with van der Waals surface area (Å²) in [5, 5.41) is 0. The zero-order valence-electron chi connectivity index (χ0n) is 8.72. The standard InChI is InChI=1S/C10H17BrO3/c1-4-13-7-5-6-8-14-9(12)10(2,3)11/h4H,1,5-8H2,2-3H3. The van der Waals surface area contributed by atoms with Gasteiger partial charge in [-0.05, 0) is 26.7 Å². The first-order valence-electron chi connectivity index (χ1n) is 4.57. The number of halogens is 1. The third-order valence-electron chi connectivity index (χ3n) is 1.49. The van der Waals surface area contributed by atoms with Crippen LogP contribution in [0.25, 0.3) is 0 Å². The number of unbranched alkanes of at least 4 members (excludes halogenated alkanes) is 1. The lowest BCUT2D eigenvalue weighted by atomic mass is 10.2. The molecule has 0 saturated carbocycles. The van der Waals surface area contributed by atoms with E-state index in [0.717, 1.165) is 12.8 Å². The average molecular weight is 265 g/mol. The summed E-state index contributed by atoms with van der Waals surface area (Å²) in [4.78, 5) is 11.2. The van der Waals surface area contributed by atoms with Gasteiger partial charge >= 0.3 is 5.97 Å². The molecule has 0 aromatic heterocycles. The molecule has 0 aliphatic rings. The van der Waals surface area contributed by atoms with Crippen molar-refractivity contribution in [2.45, 2.75) is 31.0 Å². The summed E-state index contributed by atoms with van der Waals surface area (Å²) >= 11 is 3.23. The molecule has 0 aliphatic carbocycles. The highest BCUT2D eigenvalue weighted by molar-refractivity contribution is 9.10. The van der Waals surface area contributed by atoms with Crippen molar-refractivity contribution in [2.75, 3.05) is 13.2 Å². The van der Waals surface area contributed by atoms with Crippen molar-refractivity contribution in [1.82, 2.24) is 0 Å². The minimum atomic E-state index is -0.593. The maximum Gasteiger partial charge on any atom is 0.322 e. The number of hydrogen-bond acceptors (Lipinski definition) is 3. The second-order valence-corrected chi connectivity index (χ2v) is 5.34. The maximum atomic E-state index is 11.2. The summed E-state index contributed by atoms with van der Waals surface area (Å²) in [5.41, 5.74) is 0. The lowest BCUT2D eigenvalue weighted by Gasteiger charge is -2.14. The molecule has 14 heavy (non-hydrogen) atoms. The Hall–Kier alpha value is -0.510. The number of carbonyl (C=O) groups is 1. The maximum absolute atomic E-state index is 11.2. The molecule has 0 aliphatic heterocycles. The van der Waals surface area contributed by atoms with Crippen molar-refractivity contribution in [3.63, 3.8) is 0 Å². The Morgan fingerprint density at radius 2 is 2.00 bits per heavy atom. The van der Waals surface area contributed by atoms with Crippen LogP contribution in [0.3, 0.4) is 0 Å². The van der Waals surface area contributed by atoms with Crippen molar-refractivity contribution < 1.29 is 14.3 Å². The van der Waals surface area contributed by atoms with E-state index in [4.69, 9.17) is 9.47 Å². The molecular weight excluding hydrogens is 248 g/mol. The molecule has 0 spiro atoms. The summed E-state index contributed by atoms with van der Waals surface area (Å²) in [7, 11) is 0. The van der Waals surface area contributed by atoms with Crippen molar-refractivity contribution in [1.29, 1.82) is 0 Å². The quantitative estimate of drug-likeness (QED) is 0.307. The number of alkyl halides is 1. The van der Waals surface area contributed by atoms with E-state index in [1.807, 2.05) is 0 Å². The van der Waals surface area contributed by atoms with Gasteiger partial charge in [0.25, 0.3) is 0 Å². The first-order chi connectivity index (χ1) is 6.48. The predicted molar refractivity (Wildman–Crippen MR) is 59.3 cm³/mol. The highest BCUT2D eigenvalue weighted by Crippen LogP contribution is 2.17. The number of carbonyl (C=O) groups excluding carboxylic acids is 1. The van der Waals surface area contributed by atoms with Crippen molar-refractivity contribution in [2.24, 2.45) is 0 Å². The number of hydrogen-bond donors (Lipinski definition) is 0. The monoisotopic (exact) mass is 264 g/mol. The van der Waals surface area contributed by atoms with Crippen molar-refractivity contribution in [3.05, 3.63) is 12.8 Å². The first-order valence-corrected chi connectivity index (χ1v) is 5.36. The molecule has 0 bridgehead atoms. The summed E-state index contributed by atoms with van der Waals surface area (Å²) in [6.45, 7) is 8.01. The van der Waals surface area contributed by atoms with Crippen LogP contribution in [0, 0.1) is 0 Å². The van der Waals surface area contributed by atoms with Gasteiger partial charge in [-0.3, -0.25) is 4.79 Å². The predicted octanol–water partition coefficient (Wildman–Crippen LogP) is 2.64. The van der Waals surface area contributed by atoms with E-state index in [2.05, 4.69) is 22.5 Å². The molecule has 0 atom stereocenters. The van der Waals surface area contributed by atoms with Crippen molar-refractivity contribution >= 4 is 21.9 Å². The Bertz CT molecular complexity index is 184. The number of ether oxygens (including phenoxy) is 2. The van der Waals surface area contributed by atoms with Crippen LogP contribution in [0.5, 0.6) is 0 Å². The third kappa shape index (κ3) is 6.95. The Labute approximate surface area is 93.6 Å². The van der Waals surface area contributed by atoms with E-state index < -0.39 is 4.32 Å². The largest absolute Gasteiger partial charge is 0.502 e. The molecule has 0 fully saturated rings. The van der Waals surface area contributed by atoms with Crippen LogP contribution in [0.2, 0.25) is 0 Å². The van der Waals surface area contributed by atoms with Crippen LogP contribution in [-0.4, -0.2) is 23.5 Å². The zero-order chi connectivity index (χ0) is 11.0. The van der Waals surface area contributed by atoms with Gasteiger partial charge in [-0.25, -0.2) is 0 Å². The second-order valence-electron chi connectivity index (χ2n) is 3.35. The molecule has 0 unspecified atom stereocenters. The lowest BCUT2D eigenvalue weighted by molar-refractivity contribution is -0.145. The molecule has 0 aromatic carbocycles. The van der Waals surface area contributed by atoms with Crippen LogP contribution in [0.1, 0.15) is 26.7 Å². The van der Waals surface area contributed by atoms with Gasteiger partial charge in [0.15, 0.2) is 0 Å². The Morgan fingerprint density at radius 3 is 2.50 bits per heavy atom.